The maximum Gasteiger partial charge on any atom is 0.269 e. The number of hydrogen-bond donors (Lipinski definition) is 2. The molecule has 1 aliphatic heterocycles. The van der Waals surface area contributed by atoms with Crippen LogP contribution in [-0.4, -0.2) is 23.4 Å². The lowest BCUT2D eigenvalue weighted by molar-refractivity contribution is -0.384. The molecule has 0 bridgehead atoms. The zero-order valence-corrected chi connectivity index (χ0v) is 9.89. The highest BCUT2D eigenvalue weighted by Crippen LogP contribution is 2.13. The molecule has 0 spiro atoms. The maximum atomic E-state index is 11.7. The Hall–Kier alpha value is -1.95. The van der Waals surface area contributed by atoms with E-state index in [9.17, 15) is 14.9 Å². The van der Waals surface area contributed by atoms with Gasteiger partial charge in [0.15, 0.2) is 0 Å². The standard InChI is InChI=1S/C12H15N3O3/c16-12(11-5-2-6-13-11)14-8-9-3-1-4-10(7-9)15(17)18/h1,3-4,7,11,13H,2,5-6,8H2,(H,14,16). The molecule has 6 nitrogen and oxygen atoms in total. The summed E-state index contributed by atoms with van der Waals surface area (Å²) in [6, 6.07) is 6.17. The van der Waals surface area contributed by atoms with Gasteiger partial charge in [-0.25, -0.2) is 0 Å². The predicted molar refractivity (Wildman–Crippen MR) is 66.0 cm³/mol. The second kappa shape index (κ2) is 5.59. The number of benzene rings is 1. The molecule has 1 unspecified atom stereocenters. The van der Waals surface area contributed by atoms with Gasteiger partial charge < -0.3 is 10.6 Å². The maximum absolute atomic E-state index is 11.7. The summed E-state index contributed by atoms with van der Waals surface area (Å²) in [7, 11) is 0. The number of carbonyl (C=O) groups excluding carboxylic acids is 1. The Balaban J connectivity index is 1.91. The first-order valence-corrected chi connectivity index (χ1v) is 5.91. The van der Waals surface area contributed by atoms with E-state index in [1.165, 1.54) is 12.1 Å². The average molecular weight is 249 g/mol. The smallest absolute Gasteiger partial charge is 0.269 e. The minimum Gasteiger partial charge on any atom is -0.351 e. The Morgan fingerprint density at radius 1 is 1.56 bits per heavy atom. The van der Waals surface area contributed by atoms with Crippen molar-refractivity contribution in [2.45, 2.75) is 25.4 Å². The van der Waals surface area contributed by atoms with Gasteiger partial charge in [0, 0.05) is 18.7 Å². The third kappa shape index (κ3) is 3.04. The van der Waals surface area contributed by atoms with Crippen molar-refractivity contribution in [1.29, 1.82) is 0 Å². The highest BCUT2D eigenvalue weighted by atomic mass is 16.6. The first kappa shape index (κ1) is 12.5. The van der Waals surface area contributed by atoms with Crippen molar-refractivity contribution >= 4 is 11.6 Å². The number of rotatable bonds is 4. The molecule has 1 aromatic rings. The highest BCUT2D eigenvalue weighted by Gasteiger charge is 2.21. The summed E-state index contributed by atoms with van der Waals surface area (Å²) >= 11 is 0. The van der Waals surface area contributed by atoms with E-state index >= 15 is 0 Å². The molecule has 2 rings (SSSR count). The molecule has 1 heterocycles. The lowest BCUT2D eigenvalue weighted by atomic mass is 10.2. The molecule has 1 atom stereocenters. The van der Waals surface area contributed by atoms with E-state index in [-0.39, 0.29) is 17.6 Å². The molecular weight excluding hydrogens is 234 g/mol. The average Bonchev–Trinajstić information content (AvgIpc) is 2.90. The zero-order chi connectivity index (χ0) is 13.0. The molecule has 1 aliphatic rings. The van der Waals surface area contributed by atoms with Gasteiger partial charge in [-0.2, -0.15) is 0 Å². The Morgan fingerprint density at radius 2 is 2.39 bits per heavy atom. The Bertz CT molecular complexity index is 456. The summed E-state index contributed by atoms with van der Waals surface area (Å²) in [6.07, 6.45) is 1.86. The summed E-state index contributed by atoms with van der Waals surface area (Å²) in [5.74, 6) is -0.0426. The van der Waals surface area contributed by atoms with E-state index in [0.29, 0.717) is 6.54 Å². The first-order chi connectivity index (χ1) is 8.66. The fourth-order valence-corrected chi connectivity index (χ4v) is 2.00. The molecule has 1 saturated heterocycles. The van der Waals surface area contributed by atoms with Gasteiger partial charge in [0.05, 0.1) is 11.0 Å². The summed E-state index contributed by atoms with van der Waals surface area (Å²) in [6.45, 7) is 1.19. The fourth-order valence-electron chi connectivity index (χ4n) is 2.00. The number of carbonyl (C=O) groups is 1. The summed E-state index contributed by atoms with van der Waals surface area (Å²) in [5, 5.41) is 16.5. The van der Waals surface area contributed by atoms with Crippen molar-refractivity contribution in [3.63, 3.8) is 0 Å². The van der Waals surface area contributed by atoms with E-state index in [0.717, 1.165) is 24.9 Å². The van der Waals surface area contributed by atoms with Gasteiger partial charge in [-0.05, 0) is 24.9 Å². The summed E-state index contributed by atoms with van der Waals surface area (Å²) < 4.78 is 0. The molecule has 0 aromatic heterocycles. The number of nitro benzene ring substituents is 1. The fraction of sp³-hybridized carbons (Fsp3) is 0.417. The van der Waals surface area contributed by atoms with Gasteiger partial charge >= 0.3 is 0 Å². The van der Waals surface area contributed by atoms with Crippen molar-refractivity contribution in [1.82, 2.24) is 10.6 Å². The van der Waals surface area contributed by atoms with Crippen LogP contribution in [0.15, 0.2) is 24.3 Å². The SMILES string of the molecule is O=C(NCc1cccc([N+](=O)[O-])c1)C1CCCN1. The molecule has 2 N–H and O–H groups in total. The van der Waals surface area contributed by atoms with Crippen LogP contribution in [0, 0.1) is 10.1 Å². The molecule has 96 valence electrons. The monoisotopic (exact) mass is 249 g/mol. The van der Waals surface area contributed by atoms with Crippen LogP contribution in [-0.2, 0) is 11.3 Å². The van der Waals surface area contributed by atoms with E-state index in [1.807, 2.05) is 0 Å². The number of non-ortho nitro benzene ring substituents is 1. The van der Waals surface area contributed by atoms with E-state index < -0.39 is 4.92 Å². The Labute approximate surface area is 105 Å². The van der Waals surface area contributed by atoms with Crippen molar-refractivity contribution in [2.24, 2.45) is 0 Å². The number of amides is 1. The minimum absolute atomic E-state index is 0.0424. The third-order valence-corrected chi connectivity index (χ3v) is 2.96. The van der Waals surface area contributed by atoms with Crippen LogP contribution in [0.4, 0.5) is 5.69 Å². The van der Waals surface area contributed by atoms with Crippen molar-refractivity contribution in [2.75, 3.05) is 6.54 Å². The number of nitrogens with zero attached hydrogens (tertiary/aromatic N) is 1. The van der Waals surface area contributed by atoms with Crippen LogP contribution < -0.4 is 10.6 Å². The third-order valence-electron chi connectivity index (χ3n) is 2.96. The van der Waals surface area contributed by atoms with Crippen LogP contribution in [0.3, 0.4) is 0 Å². The van der Waals surface area contributed by atoms with E-state index in [2.05, 4.69) is 10.6 Å². The first-order valence-electron chi connectivity index (χ1n) is 5.91. The quantitative estimate of drug-likeness (QED) is 0.615. The predicted octanol–water partition coefficient (Wildman–Crippen LogP) is 0.963. The number of hydrogen-bond acceptors (Lipinski definition) is 4. The van der Waals surface area contributed by atoms with Crippen molar-refractivity contribution in [3.05, 3.63) is 39.9 Å². The van der Waals surface area contributed by atoms with Gasteiger partial charge in [0.2, 0.25) is 5.91 Å². The van der Waals surface area contributed by atoms with Crippen LogP contribution >= 0.6 is 0 Å². The Morgan fingerprint density at radius 3 is 3.06 bits per heavy atom. The van der Waals surface area contributed by atoms with E-state index in [4.69, 9.17) is 0 Å². The minimum atomic E-state index is -0.441. The largest absolute Gasteiger partial charge is 0.351 e. The number of nitrogens with one attached hydrogen (secondary N) is 2. The van der Waals surface area contributed by atoms with E-state index in [1.54, 1.807) is 12.1 Å². The van der Waals surface area contributed by atoms with Gasteiger partial charge in [0.1, 0.15) is 0 Å². The summed E-state index contributed by atoms with van der Waals surface area (Å²) in [5.41, 5.74) is 0.774. The van der Waals surface area contributed by atoms with Crippen LogP contribution in [0.5, 0.6) is 0 Å². The van der Waals surface area contributed by atoms with Crippen LogP contribution in [0.1, 0.15) is 18.4 Å². The summed E-state index contributed by atoms with van der Waals surface area (Å²) in [4.78, 5) is 21.9. The van der Waals surface area contributed by atoms with Gasteiger partial charge in [-0.15, -0.1) is 0 Å². The lowest BCUT2D eigenvalue weighted by Gasteiger charge is -2.10. The molecule has 1 fully saturated rings. The number of nitro groups is 1. The van der Waals surface area contributed by atoms with Crippen LogP contribution in [0.2, 0.25) is 0 Å². The molecular formula is C12H15N3O3. The van der Waals surface area contributed by atoms with Crippen molar-refractivity contribution < 1.29 is 9.72 Å². The second-order valence-corrected chi connectivity index (χ2v) is 4.29. The normalized spacial score (nSPS) is 18.6. The molecule has 0 saturated carbocycles. The van der Waals surface area contributed by atoms with Crippen LogP contribution in [0.25, 0.3) is 0 Å². The highest BCUT2D eigenvalue weighted by molar-refractivity contribution is 5.81. The Kier molecular flexibility index (Phi) is 3.88. The van der Waals surface area contributed by atoms with Gasteiger partial charge in [-0.1, -0.05) is 12.1 Å². The topological polar surface area (TPSA) is 84.3 Å². The van der Waals surface area contributed by atoms with Gasteiger partial charge in [0.25, 0.3) is 5.69 Å². The molecule has 6 heteroatoms. The molecule has 18 heavy (non-hydrogen) atoms. The lowest BCUT2D eigenvalue weighted by Crippen LogP contribution is -2.39. The van der Waals surface area contributed by atoms with Gasteiger partial charge in [-0.3, -0.25) is 14.9 Å². The zero-order valence-electron chi connectivity index (χ0n) is 9.89. The molecule has 1 amide bonds. The van der Waals surface area contributed by atoms with Crippen molar-refractivity contribution in [3.8, 4) is 0 Å². The molecule has 1 aromatic carbocycles. The second-order valence-electron chi connectivity index (χ2n) is 4.29. The molecule has 0 radical (unpaired) electrons. The molecule has 0 aliphatic carbocycles.